The van der Waals surface area contributed by atoms with Gasteiger partial charge < -0.3 is 4.74 Å². The molecule has 1 saturated heterocycles. The van der Waals surface area contributed by atoms with Gasteiger partial charge in [0.05, 0.1) is 13.2 Å². The molecule has 21 heavy (non-hydrogen) atoms. The van der Waals surface area contributed by atoms with E-state index in [1.54, 1.807) is 5.56 Å². The molecule has 0 radical (unpaired) electrons. The Bertz CT molecular complexity index is 602. The van der Waals surface area contributed by atoms with Crippen LogP contribution in [0, 0.1) is 0 Å². The first kappa shape index (κ1) is 13.7. The Kier molecular flexibility index (Phi) is 3.97. The minimum absolute atomic E-state index is 0.716. The lowest BCUT2D eigenvalue weighted by molar-refractivity contribution is 0.00303. The Hall–Kier alpha value is -0.900. The highest BCUT2D eigenvalue weighted by Gasteiger charge is 2.33. The molecule has 112 valence electrons. The third-order valence-electron chi connectivity index (χ3n) is 5.15. The van der Waals surface area contributed by atoms with E-state index in [4.69, 9.17) is 4.74 Å². The first-order valence-electron chi connectivity index (χ1n) is 8.21. The molecule has 1 saturated carbocycles. The van der Waals surface area contributed by atoms with E-state index in [9.17, 15) is 0 Å². The number of thiophene rings is 1. The molecule has 0 amide bonds. The smallest absolute Gasteiger partial charge is 0.0594 e. The van der Waals surface area contributed by atoms with Crippen molar-refractivity contribution < 1.29 is 4.74 Å². The molecule has 0 N–H and O–H groups in total. The van der Waals surface area contributed by atoms with Crippen molar-refractivity contribution in [3.8, 4) is 0 Å². The Labute approximate surface area is 130 Å². The maximum absolute atomic E-state index is 5.55. The van der Waals surface area contributed by atoms with Gasteiger partial charge in [-0.15, -0.1) is 11.3 Å². The highest BCUT2D eigenvalue weighted by molar-refractivity contribution is 7.17. The van der Waals surface area contributed by atoms with Gasteiger partial charge in [0.25, 0.3) is 0 Å². The van der Waals surface area contributed by atoms with Crippen LogP contribution < -0.4 is 0 Å². The second-order valence-corrected chi connectivity index (χ2v) is 7.21. The summed E-state index contributed by atoms with van der Waals surface area (Å²) in [5.41, 5.74) is 1.60. The van der Waals surface area contributed by atoms with E-state index >= 15 is 0 Å². The van der Waals surface area contributed by atoms with Gasteiger partial charge in [-0.25, -0.2) is 0 Å². The second kappa shape index (κ2) is 6.07. The third-order valence-corrected chi connectivity index (χ3v) is 6.14. The minimum atomic E-state index is 0.716. The molecule has 2 fully saturated rings. The standard InChI is InChI=1S/C18H23NOS/c1-3-7-17(19-9-11-20-12-10-19)14(5-1)16-13-21-18-8-4-2-6-15(16)18/h2,4,6,8,13-14,17H,1,3,5,7,9-12H2/t14-,17-/m0/s1. The zero-order valence-corrected chi connectivity index (χ0v) is 13.3. The fourth-order valence-corrected chi connectivity index (χ4v) is 5.13. The van der Waals surface area contributed by atoms with Crippen molar-refractivity contribution in [3.63, 3.8) is 0 Å². The summed E-state index contributed by atoms with van der Waals surface area (Å²) >= 11 is 1.91. The topological polar surface area (TPSA) is 12.5 Å². The molecule has 2 aromatic rings. The monoisotopic (exact) mass is 301 g/mol. The van der Waals surface area contributed by atoms with Gasteiger partial charge in [0.15, 0.2) is 0 Å². The maximum Gasteiger partial charge on any atom is 0.0594 e. The number of ether oxygens (including phenoxy) is 1. The minimum Gasteiger partial charge on any atom is -0.379 e. The van der Waals surface area contributed by atoms with Crippen molar-refractivity contribution in [2.24, 2.45) is 0 Å². The quantitative estimate of drug-likeness (QED) is 0.822. The zero-order chi connectivity index (χ0) is 14.1. The van der Waals surface area contributed by atoms with E-state index in [0.717, 1.165) is 32.3 Å². The Morgan fingerprint density at radius 3 is 2.76 bits per heavy atom. The average Bonchev–Trinajstić information content (AvgIpc) is 3.00. The summed E-state index contributed by atoms with van der Waals surface area (Å²) in [6.45, 7) is 4.05. The third kappa shape index (κ3) is 2.63. The van der Waals surface area contributed by atoms with Crippen molar-refractivity contribution in [1.82, 2.24) is 4.90 Å². The number of fused-ring (bicyclic) bond motifs is 1. The largest absolute Gasteiger partial charge is 0.379 e. The van der Waals surface area contributed by atoms with Crippen LogP contribution in [0.1, 0.15) is 37.2 Å². The number of nitrogens with zero attached hydrogens (tertiary/aromatic N) is 1. The average molecular weight is 301 g/mol. The van der Waals surface area contributed by atoms with Crippen molar-refractivity contribution in [3.05, 3.63) is 35.2 Å². The fourth-order valence-electron chi connectivity index (χ4n) is 4.11. The molecule has 2 atom stereocenters. The van der Waals surface area contributed by atoms with Gasteiger partial charge in [0.1, 0.15) is 0 Å². The van der Waals surface area contributed by atoms with Gasteiger partial charge in [-0.3, -0.25) is 4.90 Å². The van der Waals surface area contributed by atoms with Crippen LogP contribution >= 0.6 is 11.3 Å². The molecule has 0 bridgehead atoms. The van der Waals surface area contributed by atoms with Crippen molar-refractivity contribution in [2.45, 2.75) is 37.6 Å². The number of morpholine rings is 1. The van der Waals surface area contributed by atoms with Gasteiger partial charge in [-0.1, -0.05) is 31.0 Å². The summed E-state index contributed by atoms with van der Waals surface area (Å²) in [5.74, 6) is 0.716. The lowest BCUT2D eigenvalue weighted by Crippen LogP contribution is -2.47. The lowest BCUT2D eigenvalue weighted by atomic mass is 9.79. The number of rotatable bonds is 2. The lowest BCUT2D eigenvalue weighted by Gasteiger charge is -2.41. The van der Waals surface area contributed by atoms with E-state index < -0.39 is 0 Å². The van der Waals surface area contributed by atoms with Crippen LogP contribution in [0.25, 0.3) is 10.1 Å². The van der Waals surface area contributed by atoms with Gasteiger partial charge >= 0.3 is 0 Å². The normalized spacial score (nSPS) is 28.0. The SMILES string of the molecule is c1ccc2c([C@@H]3CCCC[C@@H]3N3CCOCC3)csc2c1. The molecule has 0 spiro atoms. The maximum atomic E-state index is 5.55. The van der Waals surface area contributed by atoms with Crippen LogP contribution in [0.3, 0.4) is 0 Å². The van der Waals surface area contributed by atoms with Crippen LogP contribution in [0.2, 0.25) is 0 Å². The van der Waals surface area contributed by atoms with Crippen LogP contribution in [-0.2, 0) is 4.74 Å². The molecular weight excluding hydrogens is 278 g/mol. The second-order valence-electron chi connectivity index (χ2n) is 6.29. The Balaban J connectivity index is 1.67. The first-order chi connectivity index (χ1) is 10.4. The number of hydrogen-bond acceptors (Lipinski definition) is 3. The molecule has 1 aliphatic heterocycles. The molecule has 0 unspecified atom stereocenters. The van der Waals surface area contributed by atoms with Gasteiger partial charge in [-0.05, 0) is 35.2 Å². The fraction of sp³-hybridized carbons (Fsp3) is 0.556. The van der Waals surface area contributed by atoms with Crippen molar-refractivity contribution >= 4 is 21.4 Å². The molecule has 2 nitrogen and oxygen atoms in total. The molecule has 1 aliphatic carbocycles. The molecule has 1 aromatic carbocycles. The van der Waals surface area contributed by atoms with E-state index in [2.05, 4.69) is 34.5 Å². The summed E-state index contributed by atoms with van der Waals surface area (Å²) in [6, 6.07) is 9.64. The predicted molar refractivity (Wildman–Crippen MR) is 89.2 cm³/mol. The Morgan fingerprint density at radius 2 is 1.86 bits per heavy atom. The summed E-state index contributed by atoms with van der Waals surface area (Å²) in [5, 5.41) is 3.92. The summed E-state index contributed by atoms with van der Waals surface area (Å²) < 4.78 is 6.99. The molecule has 4 rings (SSSR count). The highest BCUT2D eigenvalue weighted by Crippen LogP contribution is 2.41. The molecular formula is C18H23NOS. The van der Waals surface area contributed by atoms with Crippen LogP contribution in [0.15, 0.2) is 29.6 Å². The van der Waals surface area contributed by atoms with Crippen molar-refractivity contribution in [1.29, 1.82) is 0 Å². The van der Waals surface area contributed by atoms with E-state index in [1.165, 1.54) is 35.8 Å². The first-order valence-corrected chi connectivity index (χ1v) is 9.09. The van der Waals surface area contributed by atoms with Crippen molar-refractivity contribution in [2.75, 3.05) is 26.3 Å². The Morgan fingerprint density at radius 1 is 1.05 bits per heavy atom. The van der Waals surface area contributed by atoms with Crippen LogP contribution in [0.5, 0.6) is 0 Å². The zero-order valence-electron chi connectivity index (χ0n) is 12.5. The number of benzene rings is 1. The van der Waals surface area contributed by atoms with E-state index in [0.29, 0.717) is 5.92 Å². The number of hydrogen-bond donors (Lipinski definition) is 0. The highest BCUT2D eigenvalue weighted by atomic mass is 32.1. The predicted octanol–water partition coefficient (Wildman–Crippen LogP) is 4.26. The molecule has 2 heterocycles. The molecule has 3 heteroatoms. The van der Waals surface area contributed by atoms with E-state index in [-0.39, 0.29) is 0 Å². The van der Waals surface area contributed by atoms with Gasteiger partial charge in [0.2, 0.25) is 0 Å². The van der Waals surface area contributed by atoms with E-state index in [1.807, 2.05) is 11.3 Å². The molecule has 2 aliphatic rings. The summed E-state index contributed by atoms with van der Waals surface area (Å²) in [7, 11) is 0. The summed E-state index contributed by atoms with van der Waals surface area (Å²) in [6.07, 6.45) is 5.48. The molecule has 1 aromatic heterocycles. The van der Waals surface area contributed by atoms with Gasteiger partial charge in [0, 0.05) is 29.7 Å². The van der Waals surface area contributed by atoms with Crippen LogP contribution in [-0.4, -0.2) is 37.2 Å². The van der Waals surface area contributed by atoms with Crippen LogP contribution in [0.4, 0.5) is 0 Å². The summed E-state index contributed by atoms with van der Waals surface area (Å²) in [4.78, 5) is 2.69. The van der Waals surface area contributed by atoms with Gasteiger partial charge in [-0.2, -0.15) is 0 Å².